The van der Waals surface area contributed by atoms with Crippen molar-refractivity contribution in [2.24, 2.45) is 0 Å². The summed E-state index contributed by atoms with van der Waals surface area (Å²) in [5.74, 6) is 0.183. The fourth-order valence-electron chi connectivity index (χ4n) is 3.81. The first-order valence-electron chi connectivity index (χ1n) is 10.3. The highest BCUT2D eigenvalue weighted by atomic mass is 16.5. The van der Waals surface area contributed by atoms with Gasteiger partial charge in [0.2, 0.25) is 5.91 Å². The lowest BCUT2D eigenvalue weighted by Gasteiger charge is -2.37. The van der Waals surface area contributed by atoms with Crippen LogP contribution in [0.25, 0.3) is 0 Å². The number of hydrazine groups is 1. The van der Waals surface area contributed by atoms with Crippen molar-refractivity contribution < 1.29 is 23.9 Å². The quantitative estimate of drug-likeness (QED) is 0.661. The van der Waals surface area contributed by atoms with E-state index in [-0.39, 0.29) is 19.0 Å². The number of urea groups is 1. The van der Waals surface area contributed by atoms with Crippen molar-refractivity contribution in [3.63, 3.8) is 0 Å². The Morgan fingerprint density at radius 3 is 2.52 bits per heavy atom. The van der Waals surface area contributed by atoms with E-state index < -0.39 is 18.0 Å². The van der Waals surface area contributed by atoms with Crippen molar-refractivity contribution in [2.75, 3.05) is 33.1 Å². The van der Waals surface area contributed by atoms with Crippen molar-refractivity contribution in [1.82, 2.24) is 20.2 Å². The van der Waals surface area contributed by atoms with Crippen LogP contribution in [0.4, 0.5) is 10.5 Å². The lowest BCUT2D eigenvalue weighted by Crippen LogP contribution is -2.60. The summed E-state index contributed by atoms with van der Waals surface area (Å²) in [6, 6.07) is 12.9. The van der Waals surface area contributed by atoms with E-state index in [1.165, 1.54) is 19.1 Å². The molecule has 2 heterocycles. The maximum atomic E-state index is 13.3. The minimum atomic E-state index is -0.754. The van der Waals surface area contributed by atoms with Gasteiger partial charge in [0.05, 0.1) is 32.1 Å². The van der Waals surface area contributed by atoms with E-state index >= 15 is 0 Å². The summed E-state index contributed by atoms with van der Waals surface area (Å²) in [6.07, 6.45) is 1.64. The first-order valence-corrected chi connectivity index (χ1v) is 10.3. The third kappa shape index (κ3) is 4.46. The predicted molar refractivity (Wildman–Crippen MR) is 120 cm³/mol. The third-order valence-electron chi connectivity index (χ3n) is 5.41. The molecule has 0 spiro atoms. The van der Waals surface area contributed by atoms with Crippen LogP contribution in [-0.2, 0) is 16.1 Å². The van der Waals surface area contributed by atoms with E-state index in [0.717, 1.165) is 10.5 Å². The first-order chi connectivity index (χ1) is 15.9. The lowest BCUT2D eigenvalue weighted by molar-refractivity contribution is -0.133. The normalized spacial score (nSPS) is 17.6. The van der Waals surface area contributed by atoms with Crippen LogP contribution >= 0.6 is 0 Å². The van der Waals surface area contributed by atoms with E-state index in [2.05, 4.69) is 10.7 Å². The second-order valence-electron chi connectivity index (χ2n) is 7.62. The SMILES string of the molecule is COc1ccc(OC)c(NC(=O)CN2C(=O)N(Cc3ccccc3)C(=O)C3NN(C)C=C32)c1. The average Bonchev–Trinajstić information content (AvgIpc) is 3.21. The van der Waals surface area contributed by atoms with Gasteiger partial charge in [-0.15, -0.1) is 0 Å². The van der Waals surface area contributed by atoms with Gasteiger partial charge >= 0.3 is 6.03 Å². The van der Waals surface area contributed by atoms with Crippen molar-refractivity contribution in [3.05, 3.63) is 66.0 Å². The number of rotatable bonds is 7. The number of hydrogen-bond donors (Lipinski definition) is 2. The van der Waals surface area contributed by atoms with Crippen LogP contribution in [0.5, 0.6) is 11.5 Å². The van der Waals surface area contributed by atoms with Crippen LogP contribution in [0.2, 0.25) is 0 Å². The van der Waals surface area contributed by atoms with Gasteiger partial charge in [-0.05, 0) is 17.7 Å². The average molecular weight is 451 g/mol. The van der Waals surface area contributed by atoms with Gasteiger partial charge in [-0.25, -0.2) is 10.2 Å². The Balaban J connectivity index is 1.57. The van der Waals surface area contributed by atoms with Crippen LogP contribution in [0.15, 0.2) is 60.4 Å². The van der Waals surface area contributed by atoms with Crippen molar-refractivity contribution in [2.45, 2.75) is 12.6 Å². The van der Waals surface area contributed by atoms with E-state index in [9.17, 15) is 14.4 Å². The molecule has 0 radical (unpaired) electrons. The van der Waals surface area contributed by atoms with Gasteiger partial charge in [0.15, 0.2) is 0 Å². The number of imide groups is 1. The fourth-order valence-corrected chi connectivity index (χ4v) is 3.81. The number of hydrogen-bond acceptors (Lipinski definition) is 7. The smallest absolute Gasteiger partial charge is 0.331 e. The van der Waals surface area contributed by atoms with E-state index in [1.807, 2.05) is 30.3 Å². The molecule has 10 heteroatoms. The lowest BCUT2D eigenvalue weighted by atomic mass is 10.1. The maximum absolute atomic E-state index is 13.3. The molecule has 0 saturated carbocycles. The zero-order valence-electron chi connectivity index (χ0n) is 18.6. The monoisotopic (exact) mass is 451 g/mol. The zero-order chi connectivity index (χ0) is 23.5. The van der Waals surface area contributed by atoms with Gasteiger partial charge in [0, 0.05) is 19.3 Å². The van der Waals surface area contributed by atoms with Gasteiger partial charge in [-0.3, -0.25) is 19.4 Å². The highest BCUT2D eigenvalue weighted by molar-refractivity contribution is 6.05. The molecule has 2 aliphatic heterocycles. The summed E-state index contributed by atoms with van der Waals surface area (Å²) in [5, 5.41) is 4.37. The Morgan fingerprint density at radius 2 is 1.82 bits per heavy atom. The molecular formula is C23H25N5O5. The van der Waals surface area contributed by atoms with Crippen LogP contribution in [0, 0.1) is 0 Å². The molecule has 2 N–H and O–H groups in total. The summed E-state index contributed by atoms with van der Waals surface area (Å²) in [7, 11) is 4.74. The Bertz CT molecular complexity index is 1100. The van der Waals surface area contributed by atoms with Gasteiger partial charge < -0.3 is 19.8 Å². The number of amides is 4. The molecule has 0 bridgehead atoms. The summed E-state index contributed by atoms with van der Waals surface area (Å²) in [4.78, 5) is 41.8. The van der Waals surface area contributed by atoms with Gasteiger partial charge in [0.25, 0.3) is 5.91 Å². The number of carbonyl (C=O) groups excluding carboxylic acids is 3. The van der Waals surface area contributed by atoms with E-state index in [0.29, 0.717) is 22.9 Å². The molecule has 1 unspecified atom stereocenters. The third-order valence-corrected chi connectivity index (χ3v) is 5.41. The molecule has 2 aromatic rings. The van der Waals surface area contributed by atoms with E-state index in [1.54, 1.807) is 36.5 Å². The number of nitrogens with zero attached hydrogens (tertiary/aromatic N) is 3. The van der Waals surface area contributed by atoms with Crippen LogP contribution < -0.4 is 20.2 Å². The molecule has 2 aliphatic rings. The molecule has 1 fully saturated rings. The largest absolute Gasteiger partial charge is 0.497 e. The standard InChI is InChI=1S/C23H25N5O5/c1-26-13-18-21(25-26)22(30)28(12-15-7-5-4-6-8-15)23(31)27(18)14-20(29)24-17-11-16(32-2)9-10-19(17)33-3/h4-11,13,21,25H,12,14H2,1-3H3,(H,24,29). The van der Waals surface area contributed by atoms with Gasteiger partial charge in [0.1, 0.15) is 24.1 Å². The second-order valence-corrected chi connectivity index (χ2v) is 7.62. The molecule has 0 aliphatic carbocycles. The van der Waals surface area contributed by atoms with Gasteiger partial charge in [-0.1, -0.05) is 30.3 Å². The molecule has 33 heavy (non-hydrogen) atoms. The summed E-state index contributed by atoms with van der Waals surface area (Å²) >= 11 is 0. The molecule has 4 rings (SSSR count). The van der Waals surface area contributed by atoms with Crippen LogP contribution in [-0.4, -0.2) is 66.5 Å². The first kappa shape index (κ1) is 22.2. The Kier molecular flexibility index (Phi) is 6.18. The number of methoxy groups -OCH3 is 2. The second kappa shape index (κ2) is 9.21. The molecule has 0 aromatic heterocycles. The number of benzene rings is 2. The molecule has 2 aromatic carbocycles. The number of ether oxygens (including phenoxy) is 2. The molecule has 1 atom stereocenters. The predicted octanol–water partition coefficient (Wildman–Crippen LogP) is 1.77. The highest BCUT2D eigenvalue weighted by Gasteiger charge is 2.46. The number of anilines is 1. The van der Waals surface area contributed by atoms with Crippen LogP contribution in [0.3, 0.4) is 0 Å². The Hall–Kier alpha value is -4.05. The molecular weight excluding hydrogens is 426 g/mol. The van der Waals surface area contributed by atoms with Gasteiger partial charge in [-0.2, -0.15) is 0 Å². The summed E-state index contributed by atoms with van der Waals surface area (Å²) in [6.45, 7) is -0.175. The number of nitrogens with one attached hydrogen (secondary N) is 2. The van der Waals surface area contributed by atoms with Crippen molar-refractivity contribution >= 4 is 23.5 Å². The topological polar surface area (TPSA) is 103 Å². The maximum Gasteiger partial charge on any atom is 0.331 e. The number of carbonyl (C=O) groups is 3. The summed E-state index contributed by atoms with van der Waals surface area (Å²) < 4.78 is 10.5. The van der Waals surface area contributed by atoms with Crippen molar-refractivity contribution in [3.8, 4) is 11.5 Å². The van der Waals surface area contributed by atoms with Crippen LogP contribution in [0.1, 0.15) is 5.56 Å². The molecule has 10 nitrogen and oxygen atoms in total. The zero-order valence-corrected chi connectivity index (χ0v) is 18.6. The Labute approximate surface area is 191 Å². The fraction of sp³-hybridized carbons (Fsp3) is 0.261. The van der Waals surface area contributed by atoms with Crippen molar-refractivity contribution in [1.29, 1.82) is 0 Å². The molecule has 4 amide bonds. The minimum Gasteiger partial charge on any atom is -0.497 e. The number of fused-ring (bicyclic) bond motifs is 1. The Morgan fingerprint density at radius 1 is 1.06 bits per heavy atom. The minimum absolute atomic E-state index is 0.107. The summed E-state index contributed by atoms with van der Waals surface area (Å²) in [5.41, 5.74) is 4.66. The molecule has 172 valence electrons. The molecule has 1 saturated heterocycles. The highest BCUT2D eigenvalue weighted by Crippen LogP contribution is 2.30. The van der Waals surface area contributed by atoms with E-state index in [4.69, 9.17) is 9.47 Å².